The average Bonchev–Trinajstić information content (AvgIpc) is 2.55. The van der Waals surface area contributed by atoms with Gasteiger partial charge in [-0.25, -0.2) is 22.3 Å². The maximum atomic E-state index is 14.2. The van der Waals surface area contributed by atoms with Crippen LogP contribution in [0.4, 0.5) is 8.78 Å². The number of rotatable bonds is 3. The van der Waals surface area contributed by atoms with Crippen molar-refractivity contribution < 1.29 is 22.3 Å². The molecule has 0 amide bonds. The topological polar surface area (TPSA) is 80.4 Å². The van der Waals surface area contributed by atoms with Crippen LogP contribution in [0.2, 0.25) is 0 Å². The van der Waals surface area contributed by atoms with E-state index in [4.69, 9.17) is 5.14 Å². The molecule has 3 N–H and O–H groups in total. The van der Waals surface area contributed by atoms with Crippen LogP contribution in [0.3, 0.4) is 0 Å². The van der Waals surface area contributed by atoms with E-state index in [1.165, 1.54) is 36.4 Å². The standard InChI is InChI=1S/C18H13F2NO3S/c19-12-6-9-15(16(20)10-12)18-14(2-1-3-17(18)22)11-4-7-13(8-5-11)25(21,23)24/h1-10,22H,(H2,21,23,24). The molecule has 4 nitrogen and oxygen atoms in total. The monoisotopic (exact) mass is 361 g/mol. The zero-order valence-corrected chi connectivity index (χ0v) is 13.6. The van der Waals surface area contributed by atoms with Gasteiger partial charge in [-0.1, -0.05) is 24.3 Å². The number of sulfonamides is 1. The number of benzene rings is 3. The van der Waals surface area contributed by atoms with Gasteiger partial charge in [0.1, 0.15) is 17.4 Å². The van der Waals surface area contributed by atoms with Crippen LogP contribution in [0.25, 0.3) is 22.3 Å². The number of hydrogen-bond acceptors (Lipinski definition) is 3. The number of primary sulfonamides is 1. The van der Waals surface area contributed by atoms with Gasteiger partial charge in [0.15, 0.2) is 0 Å². The molecule has 0 atom stereocenters. The largest absolute Gasteiger partial charge is 0.507 e. The molecule has 7 heteroatoms. The van der Waals surface area contributed by atoms with E-state index < -0.39 is 21.7 Å². The Morgan fingerprint density at radius 2 is 1.56 bits per heavy atom. The van der Waals surface area contributed by atoms with E-state index in [1.807, 2.05) is 0 Å². The van der Waals surface area contributed by atoms with Crippen molar-refractivity contribution in [2.45, 2.75) is 4.90 Å². The molecule has 3 aromatic rings. The lowest BCUT2D eigenvalue weighted by atomic mass is 9.93. The van der Waals surface area contributed by atoms with Crippen molar-refractivity contribution >= 4 is 10.0 Å². The van der Waals surface area contributed by atoms with Gasteiger partial charge in [-0.15, -0.1) is 0 Å². The van der Waals surface area contributed by atoms with Gasteiger partial charge in [-0.2, -0.15) is 0 Å². The smallest absolute Gasteiger partial charge is 0.238 e. The molecule has 128 valence electrons. The van der Waals surface area contributed by atoms with Crippen LogP contribution >= 0.6 is 0 Å². The Bertz CT molecular complexity index is 1050. The number of aromatic hydroxyl groups is 1. The van der Waals surface area contributed by atoms with Crippen molar-refractivity contribution in [3.05, 3.63) is 72.3 Å². The lowest BCUT2D eigenvalue weighted by Crippen LogP contribution is -2.11. The fourth-order valence-corrected chi connectivity index (χ4v) is 3.10. The summed E-state index contributed by atoms with van der Waals surface area (Å²) in [6.07, 6.45) is 0. The minimum atomic E-state index is -3.83. The van der Waals surface area contributed by atoms with Gasteiger partial charge in [0, 0.05) is 17.2 Å². The SMILES string of the molecule is NS(=O)(=O)c1ccc(-c2cccc(O)c2-c2ccc(F)cc2F)cc1. The third-order valence-corrected chi connectivity index (χ3v) is 4.67. The summed E-state index contributed by atoms with van der Waals surface area (Å²) in [5.41, 5.74) is 1.22. The molecule has 0 aliphatic heterocycles. The zero-order chi connectivity index (χ0) is 18.2. The van der Waals surface area contributed by atoms with Gasteiger partial charge in [0.05, 0.1) is 4.90 Å². The minimum Gasteiger partial charge on any atom is -0.507 e. The quantitative estimate of drug-likeness (QED) is 0.747. The number of phenolic OH excluding ortho intramolecular Hbond substituents is 1. The van der Waals surface area contributed by atoms with Crippen LogP contribution in [0.15, 0.2) is 65.6 Å². The summed E-state index contributed by atoms with van der Waals surface area (Å²) in [4.78, 5) is -0.0640. The highest BCUT2D eigenvalue weighted by atomic mass is 32.2. The van der Waals surface area contributed by atoms with E-state index in [0.29, 0.717) is 11.1 Å². The molecule has 25 heavy (non-hydrogen) atoms. The normalized spacial score (nSPS) is 11.5. The molecule has 3 aromatic carbocycles. The van der Waals surface area contributed by atoms with Gasteiger partial charge >= 0.3 is 0 Å². The van der Waals surface area contributed by atoms with E-state index >= 15 is 0 Å². The maximum absolute atomic E-state index is 14.2. The summed E-state index contributed by atoms with van der Waals surface area (Å²) < 4.78 is 50.1. The Hall–Kier alpha value is -2.77. The van der Waals surface area contributed by atoms with Crippen molar-refractivity contribution in [2.75, 3.05) is 0 Å². The van der Waals surface area contributed by atoms with Gasteiger partial charge in [0.25, 0.3) is 0 Å². The van der Waals surface area contributed by atoms with Crippen LogP contribution in [-0.2, 0) is 10.0 Å². The molecule has 0 bridgehead atoms. The van der Waals surface area contributed by atoms with E-state index in [2.05, 4.69) is 0 Å². The molecule has 0 aliphatic rings. The summed E-state index contributed by atoms with van der Waals surface area (Å²) >= 11 is 0. The van der Waals surface area contributed by atoms with E-state index in [9.17, 15) is 22.3 Å². The lowest BCUT2D eigenvalue weighted by molar-refractivity contribution is 0.477. The van der Waals surface area contributed by atoms with Crippen LogP contribution < -0.4 is 5.14 Å². The summed E-state index contributed by atoms with van der Waals surface area (Å²) in [7, 11) is -3.83. The Labute approximate surface area is 143 Å². The fourth-order valence-electron chi connectivity index (χ4n) is 2.58. The van der Waals surface area contributed by atoms with E-state index in [1.54, 1.807) is 12.1 Å². The molecule has 0 fully saturated rings. The minimum absolute atomic E-state index is 0.0324. The Kier molecular flexibility index (Phi) is 4.28. The molecular formula is C18H13F2NO3S. The predicted molar refractivity (Wildman–Crippen MR) is 90.3 cm³/mol. The highest BCUT2D eigenvalue weighted by molar-refractivity contribution is 7.89. The number of nitrogens with two attached hydrogens (primary N) is 1. The number of phenols is 1. The zero-order valence-electron chi connectivity index (χ0n) is 12.8. The fraction of sp³-hybridized carbons (Fsp3) is 0. The molecular weight excluding hydrogens is 348 g/mol. The second-order valence-electron chi connectivity index (χ2n) is 5.39. The molecule has 0 spiro atoms. The summed E-state index contributed by atoms with van der Waals surface area (Å²) in [6.45, 7) is 0. The van der Waals surface area contributed by atoms with Crippen molar-refractivity contribution in [1.29, 1.82) is 0 Å². The molecule has 0 unspecified atom stereocenters. The Morgan fingerprint density at radius 1 is 0.880 bits per heavy atom. The molecule has 0 aliphatic carbocycles. The van der Waals surface area contributed by atoms with Gasteiger partial charge in [0.2, 0.25) is 10.0 Å². The third-order valence-electron chi connectivity index (χ3n) is 3.74. The van der Waals surface area contributed by atoms with Gasteiger partial charge in [-0.05, 0) is 41.5 Å². The van der Waals surface area contributed by atoms with E-state index in [0.717, 1.165) is 12.1 Å². The average molecular weight is 361 g/mol. The lowest BCUT2D eigenvalue weighted by Gasteiger charge is -2.13. The first-order valence-electron chi connectivity index (χ1n) is 7.18. The predicted octanol–water partition coefficient (Wildman–Crippen LogP) is 3.65. The third kappa shape index (κ3) is 3.38. The number of halogens is 2. The maximum Gasteiger partial charge on any atom is 0.238 e. The first-order chi connectivity index (χ1) is 11.8. The molecule has 0 saturated heterocycles. The van der Waals surface area contributed by atoms with Crippen LogP contribution in [0.1, 0.15) is 0 Å². The first kappa shape index (κ1) is 17.1. The number of hydrogen-bond donors (Lipinski definition) is 2. The van der Waals surface area contributed by atoms with Crippen LogP contribution in [0, 0.1) is 11.6 Å². The van der Waals surface area contributed by atoms with Gasteiger partial charge < -0.3 is 5.11 Å². The van der Waals surface area contributed by atoms with E-state index in [-0.39, 0.29) is 21.8 Å². The molecule has 0 saturated carbocycles. The van der Waals surface area contributed by atoms with Crippen molar-refractivity contribution in [1.82, 2.24) is 0 Å². The molecule has 0 aromatic heterocycles. The van der Waals surface area contributed by atoms with Crippen molar-refractivity contribution in [3.63, 3.8) is 0 Å². The Balaban J connectivity index is 2.20. The summed E-state index contributed by atoms with van der Waals surface area (Å²) in [5.74, 6) is -1.72. The summed E-state index contributed by atoms with van der Waals surface area (Å²) in [6, 6.07) is 13.3. The first-order valence-corrected chi connectivity index (χ1v) is 8.72. The highest BCUT2D eigenvalue weighted by Gasteiger charge is 2.17. The second-order valence-corrected chi connectivity index (χ2v) is 6.95. The molecule has 0 radical (unpaired) electrons. The molecule has 0 heterocycles. The van der Waals surface area contributed by atoms with Crippen molar-refractivity contribution in [3.8, 4) is 28.0 Å². The highest BCUT2D eigenvalue weighted by Crippen LogP contribution is 2.40. The second kappa shape index (κ2) is 6.27. The molecule has 3 rings (SSSR count). The Morgan fingerprint density at radius 3 is 2.16 bits per heavy atom. The van der Waals surface area contributed by atoms with Crippen LogP contribution in [0.5, 0.6) is 5.75 Å². The van der Waals surface area contributed by atoms with Crippen molar-refractivity contribution in [2.24, 2.45) is 5.14 Å². The van der Waals surface area contributed by atoms with Gasteiger partial charge in [-0.3, -0.25) is 0 Å². The summed E-state index contributed by atoms with van der Waals surface area (Å²) in [5, 5.41) is 15.3. The van der Waals surface area contributed by atoms with Crippen LogP contribution in [-0.4, -0.2) is 13.5 Å².